The number of ketones is 2. The molecule has 0 amide bonds. The lowest BCUT2D eigenvalue weighted by molar-refractivity contribution is 0.0950. The molecule has 2 aromatic carbocycles. The maximum Gasteiger partial charge on any atom is 0.514 e. The van der Waals surface area contributed by atoms with Gasteiger partial charge in [0.15, 0.2) is 11.6 Å². The average molecular weight is 408 g/mol. The summed E-state index contributed by atoms with van der Waals surface area (Å²) in [5, 5.41) is 0. The van der Waals surface area contributed by atoms with Crippen LogP contribution in [-0.4, -0.2) is 37.1 Å². The van der Waals surface area contributed by atoms with Crippen molar-refractivity contribution in [2.75, 3.05) is 13.2 Å². The lowest BCUT2D eigenvalue weighted by Gasteiger charge is -2.21. The molecular formula is C22H16O8. The van der Waals surface area contributed by atoms with E-state index < -0.39 is 23.9 Å². The van der Waals surface area contributed by atoms with Crippen LogP contribution in [0, 0.1) is 0 Å². The average Bonchev–Trinajstić information content (AvgIpc) is 2.74. The van der Waals surface area contributed by atoms with Gasteiger partial charge in [-0.3, -0.25) is 9.59 Å². The molecule has 0 aromatic heterocycles. The van der Waals surface area contributed by atoms with Gasteiger partial charge in [-0.25, -0.2) is 9.59 Å². The van der Waals surface area contributed by atoms with Crippen molar-refractivity contribution in [2.45, 2.75) is 0 Å². The van der Waals surface area contributed by atoms with Crippen molar-refractivity contribution < 1.29 is 38.1 Å². The van der Waals surface area contributed by atoms with Crippen LogP contribution in [0.4, 0.5) is 9.59 Å². The van der Waals surface area contributed by atoms with E-state index in [2.05, 4.69) is 13.2 Å². The summed E-state index contributed by atoms with van der Waals surface area (Å²) in [6.07, 6.45) is 0.621. The van der Waals surface area contributed by atoms with Crippen molar-refractivity contribution >= 4 is 23.9 Å². The van der Waals surface area contributed by atoms with E-state index in [0.29, 0.717) is 0 Å². The molecule has 152 valence electrons. The van der Waals surface area contributed by atoms with E-state index in [4.69, 9.17) is 18.9 Å². The Bertz CT molecular complexity index is 981. The van der Waals surface area contributed by atoms with E-state index in [9.17, 15) is 19.2 Å². The molecule has 0 heterocycles. The molecule has 2 aromatic rings. The molecular weight excluding hydrogens is 392 g/mol. The Morgan fingerprint density at radius 1 is 0.733 bits per heavy atom. The lowest BCUT2D eigenvalue weighted by atomic mass is 9.83. The molecule has 0 aliphatic heterocycles. The zero-order valence-corrected chi connectivity index (χ0v) is 15.7. The van der Waals surface area contributed by atoms with Crippen LogP contribution in [-0.2, 0) is 9.47 Å². The number of carbonyl (C=O) groups excluding carboxylic acids is 4. The second-order valence-electron chi connectivity index (χ2n) is 5.92. The highest BCUT2D eigenvalue weighted by Crippen LogP contribution is 2.37. The van der Waals surface area contributed by atoms with Gasteiger partial charge in [-0.2, -0.15) is 0 Å². The number of fused-ring (bicyclic) bond motifs is 2. The van der Waals surface area contributed by atoms with Crippen LogP contribution in [0.15, 0.2) is 61.7 Å². The topological polar surface area (TPSA) is 105 Å². The third-order valence-electron chi connectivity index (χ3n) is 4.02. The molecule has 0 saturated heterocycles. The van der Waals surface area contributed by atoms with Gasteiger partial charge in [-0.15, -0.1) is 0 Å². The molecule has 0 spiro atoms. The monoisotopic (exact) mass is 408 g/mol. The second-order valence-corrected chi connectivity index (χ2v) is 5.92. The van der Waals surface area contributed by atoms with Crippen molar-refractivity contribution in [2.24, 2.45) is 0 Å². The van der Waals surface area contributed by atoms with Crippen LogP contribution in [0.3, 0.4) is 0 Å². The Kier molecular flexibility index (Phi) is 6.07. The predicted octanol–water partition coefficient (Wildman–Crippen LogP) is 3.86. The molecule has 1 aliphatic rings. The van der Waals surface area contributed by atoms with E-state index in [-0.39, 0.29) is 47.0 Å². The Balaban J connectivity index is 1.99. The van der Waals surface area contributed by atoms with Gasteiger partial charge < -0.3 is 18.9 Å². The summed E-state index contributed by atoms with van der Waals surface area (Å²) in [6, 6.07) is 8.47. The van der Waals surface area contributed by atoms with Crippen LogP contribution in [0.25, 0.3) is 0 Å². The van der Waals surface area contributed by atoms with Crippen molar-refractivity contribution in [3.05, 3.63) is 84.0 Å². The third-order valence-corrected chi connectivity index (χ3v) is 4.02. The highest BCUT2D eigenvalue weighted by Gasteiger charge is 2.35. The number of carbonyl (C=O) groups is 4. The van der Waals surface area contributed by atoms with Crippen LogP contribution >= 0.6 is 0 Å². The molecule has 1 aliphatic carbocycles. The molecule has 8 nitrogen and oxygen atoms in total. The van der Waals surface area contributed by atoms with E-state index in [0.717, 1.165) is 0 Å². The van der Waals surface area contributed by atoms with Gasteiger partial charge in [0.2, 0.25) is 0 Å². The van der Waals surface area contributed by atoms with E-state index in [1.807, 2.05) is 0 Å². The molecule has 0 atom stereocenters. The minimum absolute atomic E-state index is 0.00275. The molecule has 0 unspecified atom stereocenters. The Labute approximate surface area is 171 Å². The fourth-order valence-electron chi connectivity index (χ4n) is 2.84. The Hall–Kier alpha value is -4.20. The van der Waals surface area contributed by atoms with Gasteiger partial charge in [-0.1, -0.05) is 49.6 Å². The molecule has 0 radical (unpaired) electrons. The van der Waals surface area contributed by atoms with E-state index in [1.165, 1.54) is 48.6 Å². The van der Waals surface area contributed by atoms with Gasteiger partial charge in [0.25, 0.3) is 0 Å². The number of ether oxygens (including phenoxy) is 4. The second kappa shape index (κ2) is 8.87. The maximum atomic E-state index is 13.1. The fraction of sp³-hybridized carbons (Fsp3) is 0.0909. The summed E-state index contributed by atoms with van der Waals surface area (Å²) in [5.74, 6) is -1.39. The smallest absolute Gasteiger partial charge is 0.430 e. The summed E-state index contributed by atoms with van der Waals surface area (Å²) < 4.78 is 19.7. The first-order valence-corrected chi connectivity index (χ1v) is 8.74. The molecule has 30 heavy (non-hydrogen) atoms. The number of hydrogen-bond acceptors (Lipinski definition) is 8. The van der Waals surface area contributed by atoms with Crippen LogP contribution in [0.5, 0.6) is 11.5 Å². The predicted molar refractivity (Wildman–Crippen MR) is 104 cm³/mol. The molecule has 8 heteroatoms. The summed E-state index contributed by atoms with van der Waals surface area (Å²) in [7, 11) is 0. The first-order valence-electron chi connectivity index (χ1n) is 8.74. The van der Waals surface area contributed by atoms with Gasteiger partial charge in [-0.05, 0) is 12.1 Å². The number of rotatable bonds is 6. The minimum Gasteiger partial charge on any atom is -0.430 e. The van der Waals surface area contributed by atoms with Gasteiger partial charge in [0.05, 0.1) is 11.1 Å². The van der Waals surface area contributed by atoms with Crippen molar-refractivity contribution in [1.82, 2.24) is 0 Å². The largest absolute Gasteiger partial charge is 0.514 e. The highest BCUT2D eigenvalue weighted by atomic mass is 16.7. The normalized spacial score (nSPS) is 11.6. The number of hydrogen-bond donors (Lipinski definition) is 0. The third kappa shape index (κ3) is 3.97. The summed E-state index contributed by atoms with van der Waals surface area (Å²) >= 11 is 0. The van der Waals surface area contributed by atoms with Crippen LogP contribution < -0.4 is 9.47 Å². The molecule has 0 bridgehead atoms. The molecule has 0 saturated carbocycles. The van der Waals surface area contributed by atoms with Crippen molar-refractivity contribution in [3.63, 3.8) is 0 Å². The summed E-state index contributed by atoms with van der Waals surface area (Å²) in [5.41, 5.74) is -0.178. The van der Waals surface area contributed by atoms with Crippen LogP contribution in [0.2, 0.25) is 0 Å². The zero-order chi connectivity index (χ0) is 21.7. The Morgan fingerprint density at radius 3 is 1.50 bits per heavy atom. The zero-order valence-electron chi connectivity index (χ0n) is 15.7. The van der Waals surface area contributed by atoms with Gasteiger partial charge in [0.1, 0.15) is 24.7 Å². The lowest BCUT2D eigenvalue weighted by Crippen LogP contribution is -2.24. The minimum atomic E-state index is -1.05. The number of benzene rings is 2. The Morgan fingerprint density at radius 2 is 1.13 bits per heavy atom. The molecule has 0 N–H and O–H groups in total. The molecule has 3 rings (SSSR count). The van der Waals surface area contributed by atoms with E-state index >= 15 is 0 Å². The first kappa shape index (κ1) is 20.5. The quantitative estimate of drug-likeness (QED) is 0.344. The van der Waals surface area contributed by atoms with Gasteiger partial charge in [0, 0.05) is 11.1 Å². The highest BCUT2D eigenvalue weighted by molar-refractivity contribution is 6.30. The van der Waals surface area contributed by atoms with E-state index in [1.54, 1.807) is 0 Å². The maximum absolute atomic E-state index is 13.1. The van der Waals surface area contributed by atoms with Crippen molar-refractivity contribution in [3.8, 4) is 11.5 Å². The van der Waals surface area contributed by atoms with Gasteiger partial charge >= 0.3 is 12.3 Å². The van der Waals surface area contributed by atoms with Crippen molar-refractivity contribution in [1.29, 1.82) is 0 Å². The summed E-state index contributed by atoms with van der Waals surface area (Å²) in [6.45, 7) is 6.69. The first-order chi connectivity index (χ1) is 14.5. The summed E-state index contributed by atoms with van der Waals surface area (Å²) in [4.78, 5) is 49.8. The SMILES string of the molecule is C=CCOC(=O)Oc1cccc2c1C(=O)c1cccc(OC(=O)OCC=C)c1C2=O. The molecule has 0 fully saturated rings. The standard InChI is InChI=1S/C22H16O8/c1-3-11-27-21(25)29-15-9-5-7-13-17(15)19(23)14-8-6-10-16(18(14)20(13)24)30-22(26)28-12-4-2/h3-10H,1-2,11-12H2. The fourth-order valence-corrected chi connectivity index (χ4v) is 2.84. The van der Waals surface area contributed by atoms with Crippen LogP contribution in [0.1, 0.15) is 31.8 Å².